The number of aromatic nitrogens is 3. The van der Waals surface area contributed by atoms with Gasteiger partial charge in [-0.15, -0.1) is 0 Å². The third-order valence-corrected chi connectivity index (χ3v) is 4.90. The molecule has 0 atom stereocenters. The lowest BCUT2D eigenvalue weighted by molar-refractivity contribution is -0.118. The first kappa shape index (κ1) is 16.5. The molecule has 0 spiro atoms. The van der Waals surface area contributed by atoms with Crippen LogP contribution in [0.25, 0.3) is 16.7 Å². The van der Waals surface area contributed by atoms with E-state index in [-0.39, 0.29) is 17.5 Å². The molecule has 0 unspecified atom stereocenters. The summed E-state index contributed by atoms with van der Waals surface area (Å²) in [4.78, 5) is 21.0. The highest BCUT2D eigenvalue weighted by Crippen LogP contribution is 2.25. The molecular formula is C19H15FN4OS. The van der Waals surface area contributed by atoms with E-state index in [1.165, 1.54) is 23.9 Å². The zero-order chi connectivity index (χ0) is 17.9. The zero-order valence-corrected chi connectivity index (χ0v) is 14.5. The summed E-state index contributed by atoms with van der Waals surface area (Å²) in [6, 6.07) is 13.9. The molecule has 5 nitrogen and oxygen atoms in total. The standard InChI is InChI=1S/C19H15FN4OS/c20-14-5-1-4-13(10-14)11-22-17(25)12-26-19-16-7-3-9-24(16)15-6-2-8-21-18(15)23-19/h1-10H,11-12H2,(H,22,25). The van der Waals surface area contributed by atoms with E-state index in [0.29, 0.717) is 12.2 Å². The Morgan fingerprint density at radius 1 is 1.15 bits per heavy atom. The Kier molecular flexibility index (Phi) is 4.53. The van der Waals surface area contributed by atoms with Crippen molar-refractivity contribution in [2.24, 2.45) is 0 Å². The molecular weight excluding hydrogens is 351 g/mol. The number of thioether (sulfide) groups is 1. The predicted octanol–water partition coefficient (Wildman–Crippen LogP) is 3.43. The van der Waals surface area contributed by atoms with E-state index >= 15 is 0 Å². The summed E-state index contributed by atoms with van der Waals surface area (Å²) in [6.45, 7) is 0.296. The lowest BCUT2D eigenvalue weighted by Crippen LogP contribution is -2.24. The van der Waals surface area contributed by atoms with Crippen LogP contribution in [0.15, 0.2) is 66.0 Å². The van der Waals surface area contributed by atoms with Gasteiger partial charge in [-0.2, -0.15) is 0 Å². The number of halogens is 1. The van der Waals surface area contributed by atoms with Crippen LogP contribution in [0.2, 0.25) is 0 Å². The van der Waals surface area contributed by atoms with Crippen LogP contribution in [0.5, 0.6) is 0 Å². The first-order valence-electron chi connectivity index (χ1n) is 8.06. The van der Waals surface area contributed by atoms with Gasteiger partial charge in [-0.3, -0.25) is 4.79 Å². The fourth-order valence-corrected chi connectivity index (χ4v) is 3.56. The largest absolute Gasteiger partial charge is 0.351 e. The molecule has 7 heteroatoms. The van der Waals surface area contributed by atoms with Crippen molar-refractivity contribution in [2.75, 3.05) is 5.75 Å². The minimum atomic E-state index is -0.311. The first-order chi connectivity index (χ1) is 12.7. The highest BCUT2D eigenvalue weighted by Gasteiger charge is 2.11. The average Bonchev–Trinajstić information content (AvgIpc) is 3.15. The van der Waals surface area contributed by atoms with E-state index in [2.05, 4.69) is 15.3 Å². The predicted molar refractivity (Wildman–Crippen MR) is 99.5 cm³/mol. The van der Waals surface area contributed by atoms with Crippen molar-refractivity contribution in [3.8, 4) is 0 Å². The monoisotopic (exact) mass is 366 g/mol. The summed E-state index contributed by atoms with van der Waals surface area (Å²) in [5.74, 6) is -0.219. The average molecular weight is 366 g/mol. The van der Waals surface area contributed by atoms with Crippen molar-refractivity contribution in [3.05, 3.63) is 72.3 Å². The Morgan fingerprint density at radius 3 is 2.92 bits per heavy atom. The summed E-state index contributed by atoms with van der Waals surface area (Å²) < 4.78 is 15.2. The fourth-order valence-electron chi connectivity index (χ4n) is 2.72. The van der Waals surface area contributed by atoms with Gasteiger partial charge < -0.3 is 9.72 Å². The lowest BCUT2D eigenvalue weighted by Gasteiger charge is -2.08. The van der Waals surface area contributed by atoms with Crippen molar-refractivity contribution in [2.45, 2.75) is 11.6 Å². The van der Waals surface area contributed by atoms with E-state index in [1.54, 1.807) is 18.3 Å². The highest BCUT2D eigenvalue weighted by molar-refractivity contribution is 8.00. The number of benzene rings is 1. The number of hydrogen-bond donors (Lipinski definition) is 1. The number of amides is 1. The van der Waals surface area contributed by atoms with Crippen molar-refractivity contribution in [3.63, 3.8) is 0 Å². The summed E-state index contributed by atoms with van der Waals surface area (Å²) in [5, 5.41) is 3.55. The molecule has 3 heterocycles. The summed E-state index contributed by atoms with van der Waals surface area (Å²) in [5.41, 5.74) is 3.23. The van der Waals surface area contributed by atoms with E-state index in [0.717, 1.165) is 21.6 Å². The number of carbonyl (C=O) groups excluding carboxylic acids is 1. The van der Waals surface area contributed by atoms with Crippen LogP contribution in [0, 0.1) is 5.82 Å². The van der Waals surface area contributed by atoms with Gasteiger partial charge in [0.05, 0.1) is 16.8 Å². The van der Waals surface area contributed by atoms with Gasteiger partial charge in [0.1, 0.15) is 10.8 Å². The lowest BCUT2D eigenvalue weighted by atomic mass is 10.2. The maximum absolute atomic E-state index is 13.2. The molecule has 0 saturated heterocycles. The molecule has 4 aromatic rings. The molecule has 0 aliphatic carbocycles. The Hall–Kier alpha value is -2.93. The van der Waals surface area contributed by atoms with Gasteiger partial charge in [-0.1, -0.05) is 23.9 Å². The number of carbonyl (C=O) groups is 1. The highest BCUT2D eigenvalue weighted by atomic mass is 32.2. The maximum Gasteiger partial charge on any atom is 0.230 e. The van der Waals surface area contributed by atoms with Crippen LogP contribution in [0.3, 0.4) is 0 Å². The molecule has 1 aromatic carbocycles. The Labute approximate surface area is 153 Å². The molecule has 0 radical (unpaired) electrons. The van der Waals surface area contributed by atoms with Gasteiger partial charge in [0.15, 0.2) is 5.65 Å². The third-order valence-electron chi connectivity index (χ3n) is 3.92. The summed E-state index contributed by atoms with van der Waals surface area (Å²) >= 11 is 1.36. The van der Waals surface area contributed by atoms with E-state index in [1.807, 2.05) is 34.9 Å². The van der Waals surface area contributed by atoms with Crippen LogP contribution >= 0.6 is 11.8 Å². The molecule has 0 fully saturated rings. The van der Waals surface area contributed by atoms with Gasteiger partial charge in [0.25, 0.3) is 0 Å². The summed E-state index contributed by atoms with van der Waals surface area (Å²) in [6.07, 6.45) is 3.65. The first-order valence-corrected chi connectivity index (χ1v) is 9.05. The maximum atomic E-state index is 13.2. The Morgan fingerprint density at radius 2 is 2.04 bits per heavy atom. The number of fused-ring (bicyclic) bond motifs is 3. The van der Waals surface area contributed by atoms with Gasteiger partial charge in [-0.25, -0.2) is 14.4 Å². The Balaban J connectivity index is 1.47. The van der Waals surface area contributed by atoms with Gasteiger partial charge >= 0.3 is 0 Å². The molecule has 0 aliphatic rings. The fraction of sp³-hybridized carbons (Fsp3) is 0.105. The van der Waals surface area contributed by atoms with Crippen LogP contribution in [-0.2, 0) is 11.3 Å². The minimum Gasteiger partial charge on any atom is -0.351 e. The van der Waals surface area contributed by atoms with Crippen LogP contribution in [0.1, 0.15) is 5.56 Å². The van der Waals surface area contributed by atoms with Gasteiger partial charge in [0, 0.05) is 18.9 Å². The summed E-state index contributed by atoms with van der Waals surface area (Å²) in [7, 11) is 0. The molecule has 26 heavy (non-hydrogen) atoms. The number of hydrogen-bond acceptors (Lipinski definition) is 4. The number of rotatable bonds is 5. The number of pyridine rings is 1. The second-order valence-electron chi connectivity index (χ2n) is 5.72. The van der Waals surface area contributed by atoms with Crippen LogP contribution in [0.4, 0.5) is 4.39 Å². The molecule has 1 amide bonds. The Bertz CT molecular complexity index is 1100. The second kappa shape index (κ2) is 7.13. The minimum absolute atomic E-state index is 0.133. The van der Waals surface area contributed by atoms with E-state index in [9.17, 15) is 9.18 Å². The molecule has 3 aromatic heterocycles. The molecule has 0 saturated carbocycles. The molecule has 0 bridgehead atoms. The quantitative estimate of drug-likeness (QED) is 0.550. The van der Waals surface area contributed by atoms with Crippen molar-refractivity contribution in [1.29, 1.82) is 0 Å². The second-order valence-corrected chi connectivity index (χ2v) is 6.69. The number of nitrogens with one attached hydrogen (secondary N) is 1. The number of nitrogens with zero attached hydrogens (tertiary/aromatic N) is 3. The normalized spacial score (nSPS) is 11.1. The molecule has 4 rings (SSSR count). The van der Waals surface area contributed by atoms with Crippen molar-refractivity contribution in [1.82, 2.24) is 19.7 Å². The van der Waals surface area contributed by atoms with Crippen LogP contribution in [-0.4, -0.2) is 26.0 Å². The zero-order valence-electron chi connectivity index (χ0n) is 13.7. The third kappa shape index (κ3) is 3.39. The van der Waals surface area contributed by atoms with E-state index in [4.69, 9.17) is 0 Å². The van der Waals surface area contributed by atoms with Gasteiger partial charge in [-0.05, 0) is 42.0 Å². The van der Waals surface area contributed by atoms with E-state index < -0.39 is 0 Å². The van der Waals surface area contributed by atoms with Crippen molar-refractivity contribution >= 4 is 34.3 Å². The molecule has 0 aliphatic heterocycles. The van der Waals surface area contributed by atoms with Crippen molar-refractivity contribution < 1.29 is 9.18 Å². The topological polar surface area (TPSA) is 59.3 Å². The molecule has 130 valence electrons. The SMILES string of the molecule is O=C(CSc1nc2ncccc2n2cccc12)NCc1cccc(F)c1. The van der Waals surface area contributed by atoms with Gasteiger partial charge in [0.2, 0.25) is 5.91 Å². The molecule has 1 N–H and O–H groups in total. The van der Waals surface area contributed by atoms with Crippen LogP contribution < -0.4 is 5.32 Å². The smallest absolute Gasteiger partial charge is 0.230 e.